The summed E-state index contributed by atoms with van der Waals surface area (Å²) in [6, 6.07) is 6.91. The molecule has 0 aromatic heterocycles. The lowest BCUT2D eigenvalue weighted by molar-refractivity contribution is 0.0264. The molecule has 0 radical (unpaired) electrons. The molecule has 1 saturated heterocycles. The quantitative estimate of drug-likeness (QED) is 0.670. The van der Waals surface area contributed by atoms with Crippen molar-refractivity contribution in [2.75, 3.05) is 33.3 Å². The van der Waals surface area contributed by atoms with E-state index in [1.807, 2.05) is 19.1 Å². The Morgan fingerprint density at radius 3 is 2.73 bits per heavy atom. The van der Waals surface area contributed by atoms with Crippen molar-refractivity contribution in [2.24, 2.45) is 4.99 Å². The highest BCUT2D eigenvalue weighted by molar-refractivity contribution is 5.79. The molecular weight excluding hydrogens is 281 g/mol. The Hall–Kier alpha value is -1.62. The van der Waals surface area contributed by atoms with Gasteiger partial charge in [0.05, 0.1) is 6.10 Å². The van der Waals surface area contributed by atoms with E-state index in [0.29, 0.717) is 19.1 Å². The Kier molecular flexibility index (Phi) is 6.65. The van der Waals surface area contributed by atoms with Gasteiger partial charge in [0.2, 0.25) is 0 Å². The van der Waals surface area contributed by atoms with Crippen LogP contribution in [-0.2, 0) is 11.2 Å². The Labute approximate surface area is 132 Å². The van der Waals surface area contributed by atoms with Crippen molar-refractivity contribution in [1.82, 2.24) is 10.2 Å². The molecule has 0 bridgehead atoms. The molecule has 0 atom stereocenters. The molecule has 0 spiro atoms. The van der Waals surface area contributed by atoms with Gasteiger partial charge in [0, 0.05) is 33.3 Å². The SMILES string of the molecule is CCOC1CCN(C(=NC)NCCc2ccccc2F)CC1. The van der Waals surface area contributed by atoms with E-state index in [4.69, 9.17) is 4.74 Å². The van der Waals surface area contributed by atoms with Crippen LogP contribution >= 0.6 is 0 Å². The molecule has 1 heterocycles. The third-order valence-corrected chi connectivity index (χ3v) is 3.99. The summed E-state index contributed by atoms with van der Waals surface area (Å²) >= 11 is 0. The summed E-state index contributed by atoms with van der Waals surface area (Å²) in [7, 11) is 1.79. The second-order valence-electron chi connectivity index (χ2n) is 5.46. The molecule has 122 valence electrons. The lowest BCUT2D eigenvalue weighted by Crippen LogP contribution is -2.47. The summed E-state index contributed by atoms with van der Waals surface area (Å²) in [5.74, 6) is 0.753. The fourth-order valence-electron chi connectivity index (χ4n) is 2.81. The van der Waals surface area contributed by atoms with Gasteiger partial charge in [0.1, 0.15) is 5.82 Å². The molecule has 5 heteroatoms. The van der Waals surface area contributed by atoms with Crippen LogP contribution in [0.25, 0.3) is 0 Å². The number of rotatable bonds is 5. The highest BCUT2D eigenvalue weighted by atomic mass is 19.1. The first kappa shape index (κ1) is 16.7. The van der Waals surface area contributed by atoms with Crippen LogP contribution in [0.1, 0.15) is 25.3 Å². The molecule has 1 aliphatic rings. The molecule has 1 aliphatic heterocycles. The number of hydrogen-bond acceptors (Lipinski definition) is 2. The van der Waals surface area contributed by atoms with Crippen LogP contribution in [0.5, 0.6) is 0 Å². The smallest absolute Gasteiger partial charge is 0.193 e. The number of nitrogens with zero attached hydrogens (tertiary/aromatic N) is 2. The van der Waals surface area contributed by atoms with Gasteiger partial charge in [-0.15, -0.1) is 0 Å². The van der Waals surface area contributed by atoms with Crippen molar-refractivity contribution in [3.05, 3.63) is 35.6 Å². The zero-order valence-corrected chi connectivity index (χ0v) is 13.5. The molecule has 0 amide bonds. The fourth-order valence-corrected chi connectivity index (χ4v) is 2.81. The van der Waals surface area contributed by atoms with Gasteiger partial charge in [-0.2, -0.15) is 0 Å². The Bertz CT molecular complexity index is 485. The van der Waals surface area contributed by atoms with Gasteiger partial charge in [-0.05, 0) is 37.8 Å². The lowest BCUT2D eigenvalue weighted by Gasteiger charge is -2.34. The van der Waals surface area contributed by atoms with E-state index in [1.165, 1.54) is 6.07 Å². The number of benzene rings is 1. The van der Waals surface area contributed by atoms with Gasteiger partial charge in [-0.3, -0.25) is 4.99 Å². The second-order valence-corrected chi connectivity index (χ2v) is 5.46. The summed E-state index contributed by atoms with van der Waals surface area (Å²) < 4.78 is 19.3. The standard InChI is InChI=1S/C17H26FN3O/c1-3-22-15-9-12-21(13-10-15)17(19-2)20-11-8-14-6-4-5-7-16(14)18/h4-7,15H,3,8-13H2,1-2H3,(H,19,20). The third-order valence-electron chi connectivity index (χ3n) is 3.99. The number of nitrogens with one attached hydrogen (secondary N) is 1. The van der Waals surface area contributed by atoms with Crippen molar-refractivity contribution in [3.63, 3.8) is 0 Å². The van der Waals surface area contributed by atoms with Crippen molar-refractivity contribution < 1.29 is 9.13 Å². The summed E-state index contributed by atoms with van der Waals surface area (Å²) in [6.07, 6.45) is 3.09. The Morgan fingerprint density at radius 2 is 2.09 bits per heavy atom. The minimum atomic E-state index is -0.142. The van der Waals surface area contributed by atoms with Crippen molar-refractivity contribution in [2.45, 2.75) is 32.3 Å². The first-order valence-corrected chi connectivity index (χ1v) is 8.05. The number of likely N-dealkylation sites (tertiary alicyclic amines) is 1. The lowest BCUT2D eigenvalue weighted by atomic mass is 10.1. The number of ether oxygens (including phenoxy) is 1. The van der Waals surface area contributed by atoms with Crippen LogP contribution in [0.15, 0.2) is 29.3 Å². The molecule has 1 fully saturated rings. The zero-order chi connectivity index (χ0) is 15.8. The average Bonchev–Trinajstić information content (AvgIpc) is 2.54. The number of hydrogen-bond donors (Lipinski definition) is 1. The van der Waals surface area contributed by atoms with Crippen LogP contribution in [0, 0.1) is 5.82 Å². The molecule has 0 unspecified atom stereocenters. The van der Waals surface area contributed by atoms with Gasteiger partial charge in [-0.25, -0.2) is 4.39 Å². The molecule has 1 N–H and O–H groups in total. The first-order chi connectivity index (χ1) is 10.7. The minimum absolute atomic E-state index is 0.142. The summed E-state index contributed by atoms with van der Waals surface area (Å²) in [5, 5.41) is 3.33. The van der Waals surface area contributed by atoms with E-state index in [1.54, 1.807) is 13.1 Å². The van der Waals surface area contributed by atoms with Crippen LogP contribution in [0.3, 0.4) is 0 Å². The molecule has 0 aliphatic carbocycles. The average molecular weight is 307 g/mol. The van der Waals surface area contributed by atoms with E-state index in [0.717, 1.165) is 44.1 Å². The zero-order valence-electron chi connectivity index (χ0n) is 13.5. The summed E-state index contributed by atoms with van der Waals surface area (Å²) in [6.45, 7) is 5.39. The van der Waals surface area contributed by atoms with Crippen LogP contribution in [-0.4, -0.2) is 50.3 Å². The van der Waals surface area contributed by atoms with Gasteiger partial charge < -0.3 is 15.0 Å². The third kappa shape index (κ3) is 4.70. The molecule has 0 saturated carbocycles. The van der Waals surface area contributed by atoms with E-state index < -0.39 is 0 Å². The normalized spacial score (nSPS) is 16.9. The predicted octanol–water partition coefficient (Wildman–Crippen LogP) is 2.44. The number of piperidine rings is 1. The molecule has 1 aromatic rings. The molecule has 1 aromatic carbocycles. The first-order valence-electron chi connectivity index (χ1n) is 8.05. The topological polar surface area (TPSA) is 36.9 Å². The fraction of sp³-hybridized carbons (Fsp3) is 0.588. The highest BCUT2D eigenvalue weighted by Crippen LogP contribution is 2.13. The Balaban J connectivity index is 1.77. The van der Waals surface area contributed by atoms with Gasteiger partial charge in [-0.1, -0.05) is 18.2 Å². The van der Waals surface area contributed by atoms with Crippen LogP contribution < -0.4 is 5.32 Å². The maximum Gasteiger partial charge on any atom is 0.193 e. The predicted molar refractivity (Wildman–Crippen MR) is 87.7 cm³/mol. The van der Waals surface area contributed by atoms with Gasteiger partial charge in [0.25, 0.3) is 0 Å². The van der Waals surface area contributed by atoms with E-state index in [9.17, 15) is 4.39 Å². The highest BCUT2D eigenvalue weighted by Gasteiger charge is 2.21. The van der Waals surface area contributed by atoms with E-state index >= 15 is 0 Å². The largest absolute Gasteiger partial charge is 0.378 e. The monoisotopic (exact) mass is 307 g/mol. The van der Waals surface area contributed by atoms with Crippen molar-refractivity contribution >= 4 is 5.96 Å². The molecule has 22 heavy (non-hydrogen) atoms. The van der Waals surface area contributed by atoms with Crippen molar-refractivity contribution in [3.8, 4) is 0 Å². The van der Waals surface area contributed by atoms with Gasteiger partial charge >= 0.3 is 0 Å². The minimum Gasteiger partial charge on any atom is -0.378 e. The van der Waals surface area contributed by atoms with Gasteiger partial charge in [0.15, 0.2) is 5.96 Å². The number of guanidine groups is 1. The number of aliphatic imine (C=N–C) groups is 1. The molecule has 2 rings (SSSR count). The molecule has 4 nitrogen and oxygen atoms in total. The summed E-state index contributed by atoms with van der Waals surface area (Å²) in [5.41, 5.74) is 0.737. The van der Waals surface area contributed by atoms with E-state index in [-0.39, 0.29) is 5.82 Å². The van der Waals surface area contributed by atoms with E-state index in [2.05, 4.69) is 15.2 Å². The summed E-state index contributed by atoms with van der Waals surface area (Å²) in [4.78, 5) is 6.58. The molecular formula is C17H26FN3O. The van der Waals surface area contributed by atoms with Crippen LogP contribution in [0.2, 0.25) is 0 Å². The number of halogens is 1. The van der Waals surface area contributed by atoms with Crippen molar-refractivity contribution in [1.29, 1.82) is 0 Å². The Morgan fingerprint density at radius 1 is 1.36 bits per heavy atom. The second kappa shape index (κ2) is 8.73. The maximum absolute atomic E-state index is 13.6. The maximum atomic E-state index is 13.6. The van der Waals surface area contributed by atoms with Crippen LogP contribution in [0.4, 0.5) is 4.39 Å².